The van der Waals surface area contributed by atoms with E-state index in [0.29, 0.717) is 33.2 Å². The maximum Gasteiger partial charge on any atom is 0.248 e. The fourth-order valence-electron chi connectivity index (χ4n) is 13.8. The summed E-state index contributed by atoms with van der Waals surface area (Å²) in [6.45, 7) is 17.1. The first-order valence-corrected chi connectivity index (χ1v) is 42.1. The zero-order valence-electron chi connectivity index (χ0n) is 71.6. The Morgan fingerprint density at radius 1 is 0.574 bits per heavy atom. The first-order chi connectivity index (χ1) is 61.5. The second kappa shape index (κ2) is 48.4. The van der Waals surface area contributed by atoms with Gasteiger partial charge in [-0.05, 0) is 82.3 Å². The highest BCUT2D eigenvalue weighted by Gasteiger charge is 2.41. The Balaban J connectivity index is 1.24. The number of aliphatic hydroxyl groups is 1. The predicted octanol–water partition coefficient (Wildman–Crippen LogP) is -2.85. The molecule has 8 rings (SSSR count). The maximum atomic E-state index is 15.6. The zero-order chi connectivity index (χ0) is 94.1. The van der Waals surface area contributed by atoms with Crippen molar-refractivity contribution >= 4 is 134 Å². The topological polar surface area (TPSA) is 652 Å². The summed E-state index contributed by atoms with van der Waals surface area (Å²) < 4.78 is 1.44. The summed E-state index contributed by atoms with van der Waals surface area (Å²) in [6, 6.07) is 6.99. The molecule has 0 spiro atoms. The van der Waals surface area contributed by atoms with Crippen LogP contribution in [0.3, 0.4) is 0 Å². The number of amides is 14. The minimum absolute atomic E-state index is 0.0123. The first-order valence-electron chi connectivity index (χ1n) is 41.0. The number of guanidine groups is 2. The van der Waals surface area contributed by atoms with Gasteiger partial charge in [-0.3, -0.25) is 77.9 Å². The van der Waals surface area contributed by atoms with Gasteiger partial charge in [0.2, 0.25) is 82.7 Å². The van der Waals surface area contributed by atoms with E-state index in [2.05, 4.69) is 126 Å². The van der Waals surface area contributed by atoms with Gasteiger partial charge in [0, 0.05) is 75.2 Å². The largest absolute Gasteiger partial charge is 0.508 e. The second-order valence-corrected chi connectivity index (χ2v) is 31.6. The fraction of sp³-hybridized carbons (Fsp3) is 0.360. The van der Waals surface area contributed by atoms with Gasteiger partial charge >= 0.3 is 0 Å². The molecule has 4 aromatic carbocycles. The van der Waals surface area contributed by atoms with Crippen molar-refractivity contribution in [3.05, 3.63) is 200 Å². The number of aromatic amines is 2. The van der Waals surface area contributed by atoms with Crippen LogP contribution in [0.4, 0.5) is 0 Å². The zero-order valence-corrected chi connectivity index (χ0v) is 72.4. The molecule has 1 aliphatic heterocycles. The highest BCUT2D eigenvalue weighted by atomic mass is 32.2. The lowest BCUT2D eigenvalue weighted by atomic mass is 9.92. The van der Waals surface area contributed by atoms with Crippen LogP contribution in [-0.4, -0.2) is 257 Å². The van der Waals surface area contributed by atoms with Gasteiger partial charge in [0.05, 0.1) is 68.2 Å². The van der Waals surface area contributed by atoms with Gasteiger partial charge in [0.25, 0.3) is 0 Å². The molecule has 43 heteroatoms. The molecule has 26 N–H and O–H groups in total. The van der Waals surface area contributed by atoms with E-state index in [0.717, 1.165) is 16.7 Å². The van der Waals surface area contributed by atoms with Gasteiger partial charge in [-0.2, -0.15) is 0 Å². The fourth-order valence-corrected chi connectivity index (χ4v) is 14.6. The van der Waals surface area contributed by atoms with Crippen LogP contribution < -0.4 is 91.6 Å². The van der Waals surface area contributed by atoms with Crippen LogP contribution in [0.5, 0.6) is 5.75 Å². The smallest absolute Gasteiger partial charge is 0.248 e. The Morgan fingerprint density at radius 3 is 1.78 bits per heavy atom. The molecule has 686 valence electrons. The molecule has 0 unspecified atom stereocenters. The quantitative estimate of drug-likeness (QED) is 0.0107. The number of H-pyrrole nitrogens is 2. The third-order valence-corrected chi connectivity index (χ3v) is 22.1. The van der Waals surface area contributed by atoms with Crippen molar-refractivity contribution in [2.45, 2.75) is 132 Å². The number of carbonyl (C=O) groups is 14. The van der Waals surface area contributed by atoms with Gasteiger partial charge in [0.1, 0.15) is 72.2 Å². The van der Waals surface area contributed by atoms with Gasteiger partial charge in [0.15, 0.2) is 11.9 Å². The van der Waals surface area contributed by atoms with Crippen LogP contribution in [-0.2, 0) is 93.4 Å². The second-order valence-electron chi connectivity index (χ2n) is 30.5. The summed E-state index contributed by atoms with van der Waals surface area (Å²) in [4.78, 5) is 227. The summed E-state index contributed by atoms with van der Waals surface area (Å²) in [5.41, 5.74) is 18.2. The standard InChI is InChI=1S/C86H110N26O16S/c1-9-46(2)69-80(124)110-71(48(4)56-23-15-21-53-20-13-14-22-57(53)56)83(127)107-70(47(3)32-54-35-92-43-99-54)79(123)98-39-67(116)102-62(40-113)77(121)104-59(25-17-31-96-86(90)91)84(128)112(8)64(34-52-26-28-55(114)29-27-52)78(122)109-72(49(5)61-36-93-44-100-61)81(125)103-58(24-16-30-95-85(88)89)75(119)108-73(50(6)65-37-94-45-111(65)7)82(126)105-63(74(118)97-38-66(87)115)41-129-42-68(117)101-60(76(120)106-69)33-51-18-11-10-12-19-51/h10-15,18-23,26-29,35-37,43-46,58-60,62-64,69-73,113-114H,3-6,9,16-17,24-25,30-34,38-42H2,1-2,7-8H3,(H2,87,115)(H,92,99)(H,93,100)(H,97,118)(H,98,123)(H,101,117)(H,102,116)(H,103,125)(H,104,121)(H,105,126)(H,106,120)(H,107,127)(H,108,119)(H,109,122)(H,110,124)(H4,88,89,95)(H4,90,91,96)/t46-,58-,59-,60-,62-,63-,64-,69-,70-,71-,72-,73-/m1/s1. The number of phenols is 1. The van der Waals surface area contributed by atoms with Gasteiger partial charge in [-0.15, -0.1) is 11.8 Å². The summed E-state index contributed by atoms with van der Waals surface area (Å²) in [5.74, 6) is -17.6. The number of hydrogen-bond donors (Lipinski definition) is 23. The molecule has 1 saturated heterocycles. The van der Waals surface area contributed by atoms with E-state index in [1.807, 2.05) is 0 Å². The van der Waals surface area contributed by atoms with Crippen molar-refractivity contribution in [1.29, 1.82) is 10.8 Å². The SMILES string of the molecule is C=C(Cc1cnc[nH]1)[C@H]1NC(=O)[C@@H](C(=C)c2cccc3ccccc23)NC(=O)[C@@H]([C@H](C)CC)NC(=O)[C@@H](Cc2ccccc2)NC(=O)CSC[C@H](C(=O)NCC(N)=O)NC(=O)[C@@H](C(=C)c2cncn2C)NC(=O)[C@@H](CCCNC(=N)N)NC(=O)[C@@H](C(=C)c2cnc[nH]2)NC(=O)[C@@H](Cc2ccc(O)cc2)N(C)C(=O)[C@@H](CCCNC(=N)N)NC(=O)[C@@H](CO)NC(=O)CNC1=O. The predicted molar refractivity (Wildman–Crippen MR) is 479 cm³/mol. The summed E-state index contributed by atoms with van der Waals surface area (Å²) in [7, 11) is 2.72. The van der Waals surface area contributed by atoms with E-state index in [1.54, 1.807) is 86.6 Å². The number of carbonyl (C=O) groups excluding carboxylic acids is 14. The number of hydrogen-bond acceptors (Lipinski definition) is 22. The molecule has 0 radical (unpaired) electrons. The monoisotopic (exact) mass is 1790 g/mol. The van der Waals surface area contributed by atoms with E-state index >= 15 is 38.4 Å². The lowest BCUT2D eigenvalue weighted by Crippen LogP contribution is -2.61. The highest BCUT2D eigenvalue weighted by molar-refractivity contribution is 8.00. The van der Waals surface area contributed by atoms with Crippen molar-refractivity contribution < 1.29 is 77.3 Å². The first kappa shape index (κ1) is 99.4. The van der Waals surface area contributed by atoms with E-state index < -0.39 is 205 Å². The third-order valence-electron chi connectivity index (χ3n) is 21.0. The number of imidazole rings is 3. The average Bonchev–Trinajstić information content (AvgIpc) is 1.43. The van der Waals surface area contributed by atoms with Gasteiger partial charge in [-0.1, -0.05) is 132 Å². The van der Waals surface area contributed by atoms with Crippen LogP contribution in [0, 0.1) is 16.7 Å². The number of aryl methyl sites for hydroxylation is 1. The Labute approximate surface area is 746 Å². The molecule has 0 bridgehead atoms. The number of rotatable bonds is 27. The average molecular weight is 1800 g/mol. The number of fused-ring (bicyclic) bond motifs is 1. The van der Waals surface area contributed by atoms with Crippen LogP contribution >= 0.6 is 11.8 Å². The normalized spacial score (nSPS) is 21.3. The van der Waals surface area contributed by atoms with Crippen molar-refractivity contribution in [1.82, 2.24) is 109 Å². The molecule has 42 nitrogen and oxygen atoms in total. The van der Waals surface area contributed by atoms with Gasteiger partial charge < -0.3 is 121 Å². The molecule has 0 saturated carbocycles. The molecule has 14 amide bonds. The number of likely N-dealkylation sites (N-methyl/N-ethyl adjacent to an activating group) is 1. The number of phenolic OH excluding ortho intramolecular Hbond substituents is 1. The summed E-state index contributed by atoms with van der Waals surface area (Å²) >= 11 is 0.761. The minimum atomic E-state index is -1.93. The van der Waals surface area contributed by atoms with Crippen molar-refractivity contribution in [2.24, 2.45) is 30.2 Å². The number of primary amides is 1. The molecule has 4 heterocycles. The number of nitrogens with one attached hydrogen (secondary N) is 18. The third kappa shape index (κ3) is 29.3. The molecule has 12 atom stereocenters. The molecule has 0 aliphatic carbocycles. The molecular formula is C86H110N26O16S. The number of benzene rings is 4. The van der Waals surface area contributed by atoms with Crippen LogP contribution in [0.25, 0.3) is 27.5 Å². The molecule has 1 aliphatic rings. The van der Waals surface area contributed by atoms with E-state index in [1.165, 1.54) is 80.5 Å². The molecular weight excluding hydrogens is 1690 g/mol. The van der Waals surface area contributed by atoms with Crippen LogP contribution in [0.1, 0.15) is 79.7 Å². The van der Waals surface area contributed by atoms with Gasteiger partial charge in [-0.25, -0.2) is 15.0 Å². The number of nitrogens with zero attached hydrogens (tertiary/aromatic N) is 5. The molecule has 3 aromatic heterocycles. The number of nitrogens with two attached hydrogens (primary N) is 3. The van der Waals surface area contributed by atoms with E-state index in [-0.39, 0.29) is 97.5 Å². The number of aromatic nitrogens is 6. The van der Waals surface area contributed by atoms with E-state index in [9.17, 15) is 39.0 Å². The Morgan fingerprint density at radius 2 is 1.15 bits per heavy atom. The summed E-state index contributed by atoms with van der Waals surface area (Å²) in [5, 5.41) is 74.6. The lowest BCUT2D eigenvalue weighted by molar-refractivity contribution is -0.143. The van der Waals surface area contributed by atoms with Crippen LogP contribution in [0.15, 0.2) is 167 Å². The Bertz CT molecular complexity index is 5240. The lowest BCUT2D eigenvalue weighted by Gasteiger charge is -2.33. The van der Waals surface area contributed by atoms with Crippen molar-refractivity contribution in [3.8, 4) is 5.75 Å². The number of aliphatic hydroxyl groups excluding tert-OH is 1. The van der Waals surface area contributed by atoms with Crippen LogP contribution in [0.2, 0.25) is 0 Å². The number of aromatic hydroxyl groups is 1. The summed E-state index contributed by atoms with van der Waals surface area (Å²) in [6.07, 6.45) is 6.66. The Hall–Kier alpha value is -15.0. The molecule has 1 fully saturated rings. The molecule has 129 heavy (non-hydrogen) atoms. The number of thioether (sulfide) groups is 1. The molecule has 7 aromatic rings. The van der Waals surface area contributed by atoms with E-state index in [4.69, 9.17) is 28.0 Å². The van der Waals surface area contributed by atoms with Crippen molar-refractivity contribution in [2.75, 3.05) is 51.3 Å². The highest BCUT2D eigenvalue weighted by Crippen LogP contribution is 2.29. The van der Waals surface area contributed by atoms with Crippen molar-refractivity contribution in [3.63, 3.8) is 0 Å². The Kier molecular flexibility index (Phi) is 37.3. The maximum absolute atomic E-state index is 15.6. The minimum Gasteiger partial charge on any atom is -0.508 e.